The standard InChI is InChI=1S/C25H23N5O2S/c1-31-18-10-11-22(32-2)21(15-18)30-24(23(28-25(30)33)19-8-3-4-13-27-19)20-9-6-14-29(20)17-7-5-12-26-16-17/h3-16,23-24H,1-2H3,(H,28,33)/t23-,24-/m1/s1. The van der Waals surface area contributed by atoms with Crippen LogP contribution in [0.4, 0.5) is 5.69 Å². The molecule has 0 amide bonds. The third-order valence-corrected chi connectivity index (χ3v) is 6.07. The quantitative estimate of drug-likeness (QED) is 0.429. The number of benzene rings is 1. The Balaban J connectivity index is 1.70. The average Bonchev–Trinajstić information content (AvgIpc) is 3.49. The molecule has 1 saturated heterocycles. The summed E-state index contributed by atoms with van der Waals surface area (Å²) in [6, 6.07) is 19.3. The van der Waals surface area contributed by atoms with Crippen LogP contribution in [0.15, 0.2) is 85.5 Å². The number of ether oxygens (including phenoxy) is 2. The lowest BCUT2D eigenvalue weighted by atomic mass is 10.0. The summed E-state index contributed by atoms with van der Waals surface area (Å²) < 4.78 is 13.3. The van der Waals surface area contributed by atoms with Gasteiger partial charge in [-0.05, 0) is 60.7 Å². The van der Waals surface area contributed by atoms with Crippen molar-refractivity contribution in [1.82, 2.24) is 19.9 Å². The SMILES string of the molecule is COc1ccc(OC)c(N2C(=S)N[C@H](c3ccccn3)[C@H]2c2cccn2-c2cccnc2)c1. The third-order valence-electron chi connectivity index (χ3n) is 5.75. The molecule has 8 heteroatoms. The molecule has 166 valence electrons. The first kappa shape index (κ1) is 21.0. The van der Waals surface area contributed by atoms with Crippen molar-refractivity contribution in [1.29, 1.82) is 0 Å². The lowest BCUT2D eigenvalue weighted by Crippen LogP contribution is -2.30. The summed E-state index contributed by atoms with van der Waals surface area (Å²) in [5.41, 5.74) is 3.72. The molecule has 0 unspecified atom stereocenters. The number of thiocarbonyl (C=S) groups is 1. The number of hydrogen-bond donors (Lipinski definition) is 1. The topological polar surface area (TPSA) is 64.4 Å². The first-order valence-corrected chi connectivity index (χ1v) is 10.9. The van der Waals surface area contributed by atoms with E-state index >= 15 is 0 Å². The molecule has 0 spiro atoms. The molecule has 1 fully saturated rings. The number of aromatic nitrogens is 3. The van der Waals surface area contributed by atoms with Gasteiger partial charge in [-0.3, -0.25) is 9.97 Å². The van der Waals surface area contributed by atoms with Gasteiger partial charge < -0.3 is 24.3 Å². The highest BCUT2D eigenvalue weighted by Gasteiger charge is 2.43. The maximum atomic E-state index is 5.87. The zero-order valence-electron chi connectivity index (χ0n) is 18.3. The van der Waals surface area contributed by atoms with Crippen LogP contribution in [0.5, 0.6) is 11.5 Å². The van der Waals surface area contributed by atoms with Gasteiger partial charge in [-0.25, -0.2) is 0 Å². The van der Waals surface area contributed by atoms with Crippen LogP contribution in [0.3, 0.4) is 0 Å². The predicted molar refractivity (Wildman–Crippen MR) is 131 cm³/mol. The van der Waals surface area contributed by atoms with E-state index in [9.17, 15) is 0 Å². The van der Waals surface area contributed by atoms with Crippen molar-refractivity contribution in [2.45, 2.75) is 12.1 Å². The highest BCUT2D eigenvalue weighted by Crippen LogP contribution is 2.45. The molecule has 5 rings (SSSR count). The van der Waals surface area contributed by atoms with Crippen molar-refractivity contribution in [3.63, 3.8) is 0 Å². The molecule has 4 heterocycles. The van der Waals surface area contributed by atoms with Gasteiger partial charge in [0, 0.05) is 30.4 Å². The average molecular weight is 458 g/mol. The normalized spacial score (nSPS) is 17.6. The summed E-state index contributed by atoms with van der Waals surface area (Å²) in [5.74, 6) is 1.42. The van der Waals surface area contributed by atoms with E-state index in [1.54, 1.807) is 26.6 Å². The van der Waals surface area contributed by atoms with E-state index in [0.29, 0.717) is 10.9 Å². The van der Waals surface area contributed by atoms with E-state index in [1.807, 2.05) is 67.0 Å². The van der Waals surface area contributed by atoms with Crippen LogP contribution in [0.2, 0.25) is 0 Å². The number of pyridine rings is 2. The summed E-state index contributed by atoms with van der Waals surface area (Å²) >= 11 is 5.87. The van der Waals surface area contributed by atoms with E-state index < -0.39 is 0 Å². The minimum atomic E-state index is -0.205. The second-order valence-electron chi connectivity index (χ2n) is 7.55. The van der Waals surface area contributed by atoms with Crippen LogP contribution in [0, 0.1) is 0 Å². The first-order valence-electron chi connectivity index (χ1n) is 10.5. The molecule has 1 aliphatic heterocycles. The van der Waals surface area contributed by atoms with Crippen LogP contribution in [0.25, 0.3) is 5.69 Å². The second kappa shape index (κ2) is 8.91. The fraction of sp³-hybridized carbons (Fsp3) is 0.160. The molecule has 2 atom stereocenters. The van der Waals surface area contributed by atoms with E-state index in [-0.39, 0.29) is 12.1 Å². The van der Waals surface area contributed by atoms with Crippen molar-refractivity contribution in [2.24, 2.45) is 0 Å². The number of anilines is 1. The largest absolute Gasteiger partial charge is 0.497 e. The van der Waals surface area contributed by atoms with E-state index in [1.165, 1.54) is 0 Å². The molecule has 0 saturated carbocycles. The Morgan fingerprint density at radius 1 is 0.970 bits per heavy atom. The van der Waals surface area contributed by atoms with Gasteiger partial charge in [0.15, 0.2) is 5.11 Å². The Morgan fingerprint density at radius 2 is 1.88 bits per heavy atom. The predicted octanol–water partition coefficient (Wildman–Crippen LogP) is 4.46. The van der Waals surface area contributed by atoms with Gasteiger partial charge in [-0.1, -0.05) is 6.07 Å². The van der Waals surface area contributed by atoms with Crippen molar-refractivity contribution in [3.8, 4) is 17.2 Å². The zero-order chi connectivity index (χ0) is 22.8. The Bertz CT molecular complexity index is 1260. The van der Waals surface area contributed by atoms with E-state index in [2.05, 4.69) is 30.8 Å². The highest BCUT2D eigenvalue weighted by atomic mass is 32.1. The number of hydrogen-bond acceptors (Lipinski definition) is 5. The van der Waals surface area contributed by atoms with Crippen LogP contribution in [-0.2, 0) is 0 Å². The molecule has 3 aromatic heterocycles. The van der Waals surface area contributed by atoms with E-state index in [0.717, 1.165) is 28.5 Å². The summed E-state index contributed by atoms with van der Waals surface area (Å²) in [4.78, 5) is 11.0. The van der Waals surface area contributed by atoms with Gasteiger partial charge in [0.1, 0.15) is 17.5 Å². The van der Waals surface area contributed by atoms with Crippen molar-refractivity contribution in [3.05, 3.63) is 96.8 Å². The van der Waals surface area contributed by atoms with Crippen molar-refractivity contribution >= 4 is 23.0 Å². The Labute approximate surface area is 197 Å². The molecule has 33 heavy (non-hydrogen) atoms. The lowest BCUT2D eigenvalue weighted by molar-refractivity contribution is 0.402. The van der Waals surface area contributed by atoms with Crippen LogP contribution >= 0.6 is 12.2 Å². The van der Waals surface area contributed by atoms with Crippen molar-refractivity contribution < 1.29 is 9.47 Å². The van der Waals surface area contributed by atoms with Crippen LogP contribution in [0.1, 0.15) is 23.5 Å². The fourth-order valence-corrected chi connectivity index (χ4v) is 4.61. The number of rotatable bonds is 6. The lowest BCUT2D eigenvalue weighted by Gasteiger charge is -2.30. The smallest absolute Gasteiger partial charge is 0.174 e. The van der Waals surface area contributed by atoms with Crippen molar-refractivity contribution in [2.75, 3.05) is 19.1 Å². The molecule has 0 aliphatic carbocycles. The Kier molecular flexibility index (Phi) is 5.66. The van der Waals surface area contributed by atoms with Gasteiger partial charge >= 0.3 is 0 Å². The molecule has 1 aromatic carbocycles. The van der Waals surface area contributed by atoms with Gasteiger partial charge in [0.05, 0.1) is 43.5 Å². The van der Waals surface area contributed by atoms with Gasteiger partial charge in [0.2, 0.25) is 0 Å². The molecular formula is C25H23N5O2S. The fourth-order valence-electron chi connectivity index (χ4n) is 4.27. The van der Waals surface area contributed by atoms with Crippen LogP contribution < -0.4 is 19.7 Å². The van der Waals surface area contributed by atoms with Gasteiger partial charge in [-0.2, -0.15) is 0 Å². The molecule has 1 N–H and O–H groups in total. The highest BCUT2D eigenvalue weighted by molar-refractivity contribution is 7.80. The van der Waals surface area contributed by atoms with Gasteiger partial charge in [0.25, 0.3) is 0 Å². The summed E-state index contributed by atoms with van der Waals surface area (Å²) in [5, 5.41) is 4.08. The van der Waals surface area contributed by atoms with Gasteiger partial charge in [-0.15, -0.1) is 0 Å². The maximum absolute atomic E-state index is 5.87. The minimum Gasteiger partial charge on any atom is -0.497 e. The maximum Gasteiger partial charge on any atom is 0.174 e. The summed E-state index contributed by atoms with van der Waals surface area (Å²) in [6.07, 6.45) is 7.44. The molecule has 0 radical (unpaired) electrons. The molecule has 1 aliphatic rings. The monoisotopic (exact) mass is 457 g/mol. The van der Waals surface area contributed by atoms with Crippen LogP contribution in [-0.4, -0.2) is 33.9 Å². The molecule has 7 nitrogen and oxygen atoms in total. The molecule has 0 bridgehead atoms. The Hall–Kier alpha value is -3.91. The third kappa shape index (κ3) is 3.78. The molecular weight excluding hydrogens is 434 g/mol. The zero-order valence-corrected chi connectivity index (χ0v) is 19.1. The summed E-state index contributed by atoms with van der Waals surface area (Å²) in [7, 11) is 3.30. The Morgan fingerprint density at radius 3 is 2.61 bits per heavy atom. The minimum absolute atomic E-state index is 0.181. The molecule has 4 aromatic rings. The number of methoxy groups -OCH3 is 2. The summed E-state index contributed by atoms with van der Waals surface area (Å²) in [6.45, 7) is 0. The van der Waals surface area contributed by atoms with E-state index in [4.69, 9.17) is 21.7 Å². The second-order valence-corrected chi connectivity index (χ2v) is 7.94. The number of nitrogens with zero attached hydrogens (tertiary/aromatic N) is 4. The first-order chi connectivity index (χ1) is 16.2. The number of nitrogens with one attached hydrogen (secondary N) is 1.